The minimum atomic E-state index is 0.121. The third-order valence-corrected chi connectivity index (χ3v) is 5.23. The van der Waals surface area contributed by atoms with Gasteiger partial charge in [-0.1, -0.05) is 35.9 Å². The lowest BCUT2D eigenvalue weighted by Crippen LogP contribution is -2.02. The van der Waals surface area contributed by atoms with Crippen LogP contribution in [-0.2, 0) is 0 Å². The molecule has 2 heterocycles. The molecule has 0 aliphatic rings. The number of fused-ring (bicyclic) bond motifs is 3. The molecule has 138 valence electrons. The lowest BCUT2D eigenvalue weighted by Gasteiger charge is -2.15. The molecule has 0 bridgehead atoms. The maximum absolute atomic E-state index is 10.6. The van der Waals surface area contributed by atoms with Crippen molar-refractivity contribution in [3.63, 3.8) is 0 Å². The molecule has 5 aromatic rings. The van der Waals surface area contributed by atoms with Crippen LogP contribution in [0.3, 0.4) is 0 Å². The summed E-state index contributed by atoms with van der Waals surface area (Å²) in [6.07, 6.45) is 3.76. The Kier molecular flexibility index (Phi) is 3.56. The number of phenols is 1. The van der Waals surface area contributed by atoms with E-state index in [1.165, 1.54) is 16.7 Å². The lowest BCUT2D eigenvalue weighted by atomic mass is 10.0. The standard InChI is InChI=1S/C24H20N2O2/c1-14-10-15(2)22(16(3)11-14)26-9-8-25-24(26)17-12-19-18-6-4-5-7-21(18)28-23(19)20(27)13-17/h4-13,27H,1-3H3. The van der Waals surface area contributed by atoms with Gasteiger partial charge in [-0.25, -0.2) is 4.98 Å². The van der Waals surface area contributed by atoms with Crippen molar-refractivity contribution in [1.29, 1.82) is 0 Å². The molecule has 1 N–H and O–H groups in total. The number of rotatable bonds is 2. The highest BCUT2D eigenvalue weighted by Gasteiger charge is 2.17. The molecule has 28 heavy (non-hydrogen) atoms. The van der Waals surface area contributed by atoms with Crippen molar-refractivity contribution in [2.45, 2.75) is 20.8 Å². The van der Waals surface area contributed by atoms with Crippen LogP contribution in [0.25, 0.3) is 39.0 Å². The summed E-state index contributed by atoms with van der Waals surface area (Å²) in [6, 6.07) is 15.9. The Morgan fingerprint density at radius 1 is 0.929 bits per heavy atom. The number of benzene rings is 3. The van der Waals surface area contributed by atoms with Gasteiger partial charge in [-0.15, -0.1) is 0 Å². The molecule has 0 amide bonds. The number of phenolic OH excluding ortho intramolecular Hbond substituents is 1. The SMILES string of the molecule is Cc1cc(C)c(-n2ccnc2-c2cc(O)c3oc4ccccc4c3c2)c(C)c1. The van der Waals surface area contributed by atoms with E-state index in [4.69, 9.17) is 4.42 Å². The van der Waals surface area contributed by atoms with Gasteiger partial charge < -0.3 is 9.52 Å². The van der Waals surface area contributed by atoms with Crippen molar-refractivity contribution in [2.75, 3.05) is 0 Å². The first-order chi connectivity index (χ1) is 13.5. The van der Waals surface area contributed by atoms with E-state index in [0.717, 1.165) is 33.4 Å². The summed E-state index contributed by atoms with van der Waals surface area (Å²) in [7, 11) is 0. The van der Waals surface area contributed by atoms with Crippen LogP contribution in [0, 0.1) is 20.8 Å². The van der Waals surface area contributed by atoms with E-state index in [2.05, 4.69) is 42.5 Å². The van der Waals surface area contributed by atoms with Crippen LogP contribution in [0.4, 0.5) is 0 Å². The summed E-state index contributed by atoms with van der Waals surface area (Å²) in [6.45, 7) is 6.33. The van der Waals surface area contributed by atoms with E-state index in [1.54, 1.807) is 12.3 Å². The molecule has 4 heteroatoms. The second kappa shape index (κ2) is 5.99. The first-order valence-electron chi connectivity index (χ1n) is 9.29. The first kappa shape index (κ1) is 16.6. The van der Waals surface area contributed by atoms with Crippen LogP contribution in [0.5, 0.6) is 5.75 Å². The molecule has 3 aromatic carbocycles. The van der Waals surface area contributed by atoms with E-state index >= 15 is 0 Å². The molecule has 0 fully saturated rings. The van der Waals surface area contributed by atoms with Gasteiger partial charge in [0, 0.05) is 28.7 Å². The van der Waals surface area contributed by atoms with Crippen molar-refractivity contribution in [2.24, 2.45) is 0 Å². The monoisotopic (exact) mass is 368 g/mol. The van der Waals surface area contributed by atoms with Crippen LogP contribution < -0.4 is 0 Å². The normalized spacial score (nSPS) is 11.5. The van der Waals surface area contributed by atoms with Crippen LogP contribution in [0.1, 0.15) is 16.7 Å². The van der Waals surface area contributed by atoms with Gasteiger partial charge in [-0.05, 0) is 50.1 Å². The molecule has 0 unspecified atom stereocenters. The molecular formula is C24H20N2O2. The van der Waals surface area contributed by atoms with Gasteiger partial charge in [-0.2, -0.15) is 0 Å². The molecule has 5 rings (SSSR count). The van der Waals surface area contributed by atoms with Gasteiger partial charge >= 0.3 is 0 Å². The predicted molar refractivity (Wildman–Crippen MR) is 112 cm³/mol. The Labute approximate surface area is 162 Å². The lowest BCUT2D eigenvalue weighted by molar-refractivity contribution is 0.469. The summed E-state index contributed by atoms with van der Waals surface area (Å²) in [4.78, 5) is 4.60. The minimum absolute atomic E-state index is 0.121. The van der Waals surface area contributed by atoms with Gasteiger partial charge in [0.2, 0.25) is 0 Å². The van der Waals surface area contributed by atoms with Crippen molar-refractivity contribution < 1.29 is 9.52 Å². The van der Waals surface area contributed by atoms with E-state index < -0.39 is 0 Å². The van der Waals surface area contributed by atoms with Crippen LogP contribution >= 0.6 is 0 Å². The first-order valence-corrected chi connectivity index (χ1v) is 9.29. The molecule has 0 radical (unpaired) electrons. The topological polar surface area (TPSA) is 51.2 Å². The molecule has 0 aliphatic heterocycles. The summed E-state index contributed by atoms with van der Waals surface area (Å²) in [5.74, 6) is 0.910. The Morgan fingerprint density at radius 2 is 1.68 bits per heavy atom. The summed E-state index contributed by atoms with van der Waals surface area (Å²) in [5.41, 5.74) is 6.86. The quantitative estimate of drug-likeness (QED) is 0.411. The Hall–Kier alpha value is -3.53. The van der Waals surface area contributed by atoms with E-state index in [-0.39, 0.29) is 5.75 Å². The summed E-state index contributed by atoms with van der Waals surface area (Å²) in [5, 5.41) is 12.5. The highest BCUT2D eigenvalue weighted by atomic mass is 16.4. The number of aryl methyl sites for hydroxylation is 3. The van der Waals surface area contributed by atoms with Crippen LogP contribution in [0.15, 0.2) is 65.3 Å². The third kappa shape index (κ3) is 2.42. The zero-order chi connectivity index (χ0) is 19.4. The van der Waals surface area contributed by atoms with Gasteiger partial charge in [0.15, 0.2) is 11.3 Å². The number of nitrogens with zero attached hydrogens (tertiary/aromatic N) is 2. The average molecular weight is 368 g/mol. The molecule has 0 saturated carbocycles. The van der Waals surface area contributed by atoms with Crippen molar-refractivity contribution >= 4 is 21.9 Å². The Morgan fingerprint density at radius 3 is 2.46 bits per heavy atom. The minimum Gasteiger partial charge on any atom is -0.504 e. The van der Waals surface area contributed by atoms with Crippen molar-refractivity contribution in [3.8, 4) is 22.8 Å². The number of aromatic nitrogens is 2. The van der Waals surface area contributed by atoms with E-state index in [1.807, 2.05) is 36.5 Å². The summed E-state index contributed by atoms with van der Waals surface area (Å²) >= 11 is 0. The number of hydrogen-bond donors (Lipinski definition) is 1. The maximum atomic E-state index is 10.6. The number of furan rings is 1. The maximum Gasteiger partial charge on any atom is 0.177 e. The van der Waals surface area contributed by atoms with Crippen LogP contribution in [-0.4, -0.2) is 14.7 Å². The number of hydrogen-bond acceptors (Lipinski definition) is 3. The third-order valence-electron chi connectivity index (χ3n) is 5.23. The Bertz CT molecular complexity index is 1340. The molecule has 0 aliphatic carbocycles. The highest BCUT2D eigenvalue weighted by Crippen LogP contribution is 2.38. The molecule has 0 atom stereocenters. The van der Waals surface area contributed by atoms with Gasteiger partial charge in [-0.3, -0.25) is 4.57 Å². The van der Waals surface area contributed by atoms with Gasteiger partial charge in [0.1, 0.15) is 11.4 Å². The predicted octanol–water partition coefficient (Wildman–Crippen LogP) is 6.07. The largest absolute Gasteiger partial charge is 0.504 e. The van der Waals surface area contributed by atoms with Gasteiger partial charge in [0.05, 0.1) is 5.69 Å². The number of para-hydroxylation sites is 1. The number of aromatic hydroxyl groups is 1. The van der Waals surface area contributed by atoms with Crippen LogP contribution in [0.2, 0.25) is 0 Å². The van der Waals surface area contributed by atoms with Crippen molar-refractivity contribution in [1.82, 2.24) is 9.55 Å². The fourth-order valence-corrected chi connectivity index (χ4v) is 4.19. The highest BCUT2D eigenvalue weighted by molar-refractivity contribution is 6.08. The molecule has 0 spiro atoms. The van der Waals surface area contributed by atoms with E-state index in [9.17, 15) is 5.11 Å². The molecular weight excluding hydrogens is 348 g/mol. The summed E-state index contributed by atoms with van der Waals surface area (Å²) < 4.78 is 7.93. The van der Waals surface area contributed by atoms with Gasteiger partial charge in [0.25, 0.3) is 0 Å². The second-order valence-electron chi connectivity index (χ2n) is 7.34. The second-order valence-corrected chi connectivity index (χ2v) is 7.34. The van der Waals surface area contributed by atoms with E-state index in [0.29, 0.717) is 5.58 Å². The molecule has 0 saturated heterocycles. The fourth-order valence-electron chi connectivity index (χ4n) is 4.19. The smallest absolute Gasteiger partial charge is 0.177 e. The fraction of sp³-hybridized carbons (Fsp3) is 0.125. The zero-order valence-corrected chi connectivity index (χ0v) is 16.0. The molecule has 4 nitrogen and oxygen atoms in total. The number of imidazole rings is 1. The average Bonchev–Trinajstić information content (AvgIpc) is 3.26. The Balaban J connectivity index is 1.77. The zero-order valence-electron chi connectivity index (χ0n) is 16.0. The molecule has 2 aromatic heterocycles. The van der Waals surface area contributed by atoms with Crippen molar-refractivity contribution in [3.05, 3.63) is 77.6 Å².